The van der Waals surface area contributed by atoms with Gasteiger partial charge in [0.15, 0.2) is 0 Å². The normalized spacial score (nSPS) is 18.2. The molecule has 2 aromatic rings. The number of aryl methyl sites for hydroxylation is 1. The maximum Gasteiger partial charge on any atom is 0.245 e. The van der Waals surface area contributed by atoms with E-state index in [4.69, 9.17) is 4.74 Å². The standard InChI is InChI=1S/C23H27FN4O2/c1-15-16(2)28(13-18-8-5-11-30-18)23(19(15)12-25)26-21(29)14-27-10-4-7-17-6-3-9-20(24)22(17)27/h3,6,9,18H,4-5,7-8,10-11,13-14H2,1-2H3,(H,26,29). The van der Waals surface area contributed by atoms with Crippen molar-refractivity contribution in [3.63, 3.8) is 0 Å². The fraction of sp³-hybridized carbons (Fsp3) is 0.478. The summed E-state index contributed by atoms with van der Waals surface area (Å²) >= 11 is 0. The fourth-order valence-corrected chi connectivity index (χ4v) is 4.54. The van der Waals surface area contributed by atoms with Crippen molar-refractivity contribution in [2.24, 2.45) is 0 Å². The Kier molecular flexibility index (Phi) is 5.78. The smallest absolute Gasteiger partial charge is 0.245 e. The summed E-state index contributed by atoms with van der Waals surface area (Å²) in [6.07, 6.45) is 3.76. The Morgan fingerprint density at radius 1 is 1.37 bits per heavy atom. The molecule has 6 nitrogen and oxygen atoms in total. The Morgan fingerprint density at radius 2 is 2.20 bits per heavy atom. The highest BCUT2D eigenvalue weighted by Gasteiger charge is 2.26. The molecule has 0 saturated carbocycles. The predicted molar refractivity (Wildman–Crippen MR) is 113 cm³/mol. The average molecular weight is 410 g/mol. The fourth-order valence-electron chi connectivity index (χ4n) is 4.54. The maximum absolute atomic E-state index is 14.4. The molecule has 1 N–H and O–H groups in total. The van der Waals surface area contributed by atoms with Crippen LogP contribution in [0.1, 0.15) is 41.6 Å². The summed E-state index contributed by atoms with van der Waals surface area (Å²) in [5.74, 6) is -0.0429. The highest BCUT2D eigenvalue weighted by Crippen LogP contribution is 2.31. The first-order valence-corrected chi connectivity index (χ1v) is 10.5. The van der Waals surface area contributed by atoms with Gasteiger partial charge in [-0.15, -0.1) is 0 Å². The Labute approximate surface area is 176 Å². The third kappa shape index (κ3) is 3.80. The van der Waals surface area contributed by atoms with Crippen molar-refractivity contribution in [3.8, 4) is 6.07 Å². The van der Waals surface area contributed by atoms with Crippen LogP contribution in [0.3, 0.4) is 0 Å². The number of fused-ring (bicyclic) bond motifs is 1. The van der Waals surface area contributed by atoms with Crippen molar-refractivity contribution in [1.82, 2.24) is 4.57 Å². The van der Waals surface area contributed by atoms with Crippen LogP contribution >= 0.6 is 0 Å². The molecule has 0 bridgehead atoms. The molecule has 1 fully saturated rings. The van der Waals surface area contributed by atoms with E-state index in [0.29, 0.717) is 30.2 Å². The molecule has 1 aromatic heterocycles. The van der Waals surface area contributed by atoms with E-state index in [-0.39, 0.29) is 24.4 Å². The quantitative estimate of drug-likeness (QED) is 0.816. The van der Waals surface area contributed by atoms with Crippen LogP contribution < -0.4 is 10.2 Å². The van der Waals surface area contributed by atoms with Crippen molar-refractivity contribution >= 4 is 17.4 Å². The average Bonchev–Trinajstić information content (AvgIpc) is 3.31. The molecule has 4 rings (SSSR count). The van der Waals surface area contributed by atoms with E-state index in [9.17, 15) is 14.4 Å². The molecule has 7 heteroatoms. The molecule has 1 unspecified atom stereocenters. The Bertz CT molecular complexity index is 1000. The Hall–Kier alpha value is -2.85. The summed E-state index contributed by atoms with van der Waals surface area (Å²) < 4.78 is 22.2. The number of ether oxygens (including phenoxy) is 1. The topological polar surface area (TPSA) is 70.3 Å². The lowest BCUT2D eigenvalue weighted by atomic mass is 10.0. The highest BCUT2D eigenvalue weighted by molar-refractivity contribution is 5.95. The molecular weight excluding hydrogens is 383 g/mol. The van der Waals surface area contributed by atoms with Crippen LogP contribution in [0.15, 0.2) is 18.2 Å². The zero-order valence-electron chi connectivity index (χ0n) is 17.5. The van der Waals surface area contributed by atoms with Gasteiger partial charge in [0, 0.05) is 18.8 Å². The van der Waals surface area contributed by atoms with Gasteiger partial charge in [0.05, 0.1) is 30.4 Å². The van der Waals surface area contributed by atoms with Gasteiger partial charge in [0.25, 0.3) is 0 Å². The predicted octanol–water partition coefficient (Wildman–Crippen LogP) is 3.69. The zero-order valence-corrected chi connectivity index (χ0v) is 17.5. The third-order valence-electron chi connectivity index (χ3n) is 6.20. The molecule has 1 aromatic carbocycles. The number of para-hydroxylation sites is 1. The Morgan fingerprint density at radius 3 is 2.93 bits per heavy atom. The molecule has 2 aliphatic rings. The number of carbonyl (C=O) groups is 1. The second-order valence-electron chi connectivity index (χ2n) is 8.11. The summed E-state index contributed by atoms with van der Waals surface area (Å²) in [4.78, 5) is 14.7. The van der Waals surface area contributed by atoms with E-state index >= 15 is 0 Å². The largest absolute Gasteiger partial charge is 0.376 e. The molecule has 0 radical (unpaired) electrons. The molecule has 1 atom stereocenters. The molecule has 30 heavy (non-hydrogen) atoms. The van der Waals surface area contributed by atoms with Crippen molar-refractivity contribution in [2.45, 2.75) is 52.2 Å². The molecule has 0 spiro atoms. The third-order valence-corrected chi connectivity index (χ3v) is 6.20. The van der Waals surface area contributed by atoms with Crippen molar-refractivity contribution < 1.29 is 13.9 Å². The van der Waals surface area contributed by atoms with Gasteiger partial charge < -0.3 is 19.5 Å². The van der Waals surface area contributed by atoms with Crippen LogP contribution in [0, 0.1) is 31.0 Å². The number of nitrogens with one attached hydrogen (secondary N) is 1. The van der Waals surface area contributed by atoms with E-state index < -0.39 is 0 Å². The van der Waals surface area contributed by atoms with Gasteiger partial charge in [-0.25, -0.2) is 4.39 Å². The first kappa shape index (κ1) is 20.4. The number of hydrogen-bond acceptors (Lipinski definition) is 4. The summed E-state index contributed by atoms with van der Waals surface area (Å²) in [6, 6.07) is 7.29. The summed E-state index contributed by atoms with van der Waals surface area (Å²) in [5.41, 5.74) is 3.73. The van der Waals surface area contributed by atoms with Crippen LogP contribution in [0.5, 0.6) is 0 Å². The van der Waals surface area contributed by atoms with Crippen molar-refractivity contribution in [2.75, 3.05) is 29.9 Å². The van der Waals surface area contributed by atoms with Gasteiger partial charge in [0.2, 0.25) is 5.91 Å². The number of rotatable bonds is 5. The van der Waals surface area contributed by atoms with Crippen molar-refractivity contribution in [1.29, 1.82) is 5.26 Å². The molecule has 1 saturated heterocycles. The second-order valence-corrected chi connectivity index (χ2v) is 8.11. The van der Waals surface area contributed by atoms with E-state index in [2.05, 4.69) is 11.4 Å². The van der Waals surface area contributed by atoms with E-state index in [1.807, 2.05) is 24.5 Å². The van der Waals surface area contributed by atoms with Gasteiger partial charge >= 0.3 is 0 Å². The van der Waals surface area contributed by atoms with Gasteiger partial charge in [-0.2, -0.15) is 5.26 Å². The van der Waals surface area contributed by atoms with E-state index in [0.717, 1.165) is 49.1 Å². The molecule has 158 valence electrons. The molecule has 3 heterocycles. The van der Waals surface area contributed by atoms with Crippen LogP contribution in [0.25, 0.3) is 0 Å². The second kappa shape index (κ2) is 8.49. The molecule has 0 aliphatic carbocycles. The van der Waals surface area contributed by atoms with Crippen LogP contribution in [0.2, 0.25) is 0 Å². The van der Waals surface area contributed by atoms with E-state index in [1.54, 1.807) is 11.0 Å². The number of nitrogens with zero attached hydrogens (tertiary/aromatic N) is 3. The maximum atomic E-state index is 14.4. The first-order valence-electron chi connectivity index (χ1n) is 10.5. The van der Waals surface area contributed by atoms with Crippen LogP contribution in [0.4, 0.5) is 15.9 Å². The number of carbonyl (C=O) groups excluding carboxylic acids is 1. The zero-order chi connectivity index (χ0) is 21.3. The molecule has 1 amide bonds. The lowest BCUT2D eigenvalue weighted by Gasteiger charge is -2.31. The highest BCUT2D eigenvalue weighted by atomic mass is 19.1. The minimum absolute atomic E-state index is 0.0437. The number of hydrogen-bond donors (Lipinski definition) is 1. The summed E-state index contributed by atoms with van der Waals surface area (Å²) in [6.45, 7) is 5.87. The lowest BCUT2D eigenvalue weighted by Crippen LogP contribution is -2.38. The van der Waals surface area contributed by atoms with Gasteiger partial charge in [0.1, 0.15) is 17.7 Å². The Balaban J connectivity index is 1.57. The number of halogens is 1. The number of nitriles is 1. The summed E-state index contributed by atoms with van der Waals surface area (Å²) in [5, 5.41) is 12.6. The number of amides is 1. The minimum Gasteiger partial charge on any atom is -0.376 e. The van der Waals surface area contributed by atoms with E-state index in [1.165, 1.54) is 6.07 Å². The van der Waals surface area contributed by atoms with Gasteiger partial charge in [-0.3, -0.25) is 4.79 Å². The minimum atomic E-state index is -0.300. The molecule has 2 aliphatic heterocycles. The monoisotopic (exact) mass is 410 g/mol. The molecular formula is C23H27FN4O2. The number of aromatic nitrogens is 1. The van der Waals surface area contributed by atoms with Crippen molar-refractivity contribution in [3.05, 3.63) is 46.4 Å². The van der Waals surface area contributed by atoms with Gasteiger partial charge in [-0.1, -0.05) is 12.1 Å². The van der Waals surface area contributed by atoms with Crippen LogP contribution in [-0.2, 0) is 22.5 Å². The number of benzene rings is 1. The first-order chi connectivity index (χ1) is 14.5. The number of anilines is 2. The van der Waals surface area contributed by atoms with Crippen LogP contribution in [-0.4, -0.2) is 36.3 Å². The summed E-state index contributed by atoms with van der Waals surface area (Å²) in [7, 11) is 0. The van der Waals surface area contributed by atoms with Gasteiger partial charge in [-0.05, 0) is 56.7 Å². The lowest BCUT2D eigenvalue weighted by molar-refractivity contribution is -0.115. The SMILES string of the molecule is Cc1c(C#N)c(NC(=O)CN2CCCc3cccc(F)c32)n(CC2CCCO2)c1C.